The summed E-state index contributed by atoms with van der Waals surface area (Å²) in [6.45, 7) is 0.675. The molecule has 0 bridgehead atoms. The Morgan fingerprint density at radius 3 is 2.88 bits per heavy atom. The number of hydrogen-bond acceptors (Lipinski definition) is 2. The standard InChI is InChI=1S/C12H11IN2O/c13-7-8-14-12(16)11-6-5-9-3-1-2-4-10(9)15-11/h1-6H,7-8H2,(H,14,16). The molecular formula is C12H11IN2O. The summed E-state index contributed by atoms with van der Waals surface area (Å²) in [5.74, 6) is -0.109. The van der Waals surface area contributed by atoms with Crippen LogP contribution in [0.5, 0.6) is 0 Å². The number of alkyl halides is 1. The van der Waals surface area contributed by atoms with Crippen LogP contribution >= 0.6 is 22.6 Å². The summed E-state index contributed by atoms with van der Waals surface area (Å²) < 4.78 is 0.900. The minimum absolute atomic E-state index is 0.109. The minimum atomic E-state index is -0.109. The molecule has 4 heteroatoms. The first-order valence-electron chi connectivity index (χ1n) is 5.01. The Labute approximate surface area is 107 Å². The molecule has 0 spiro atoms. The second kappa shape index (κ2) is 5.25. The molecule has 1 N–H and O–H groups in total. The van der Waals surface area contributed by atoms with E-state index in [1.54, 1.807) is 6.07 Å². The van der Waals surface area contributed by atoms with Crippen LogP contribution in [-0.2, 0) is 0 Å². The third-order valence-corrected chi connectivity index (χ3v) is 2.75. The van der Waals surface area contributed by atoms with E-state index in [2.05, 4.69) is 32.9 Å². The first kappa shape index (κ1) is 11.3. The first-order valence-corrected chi connectivity index (χ1v) is 6.54. The smallest absolute Gasteiger partial charge is 0.269 e. The molecule has 2 aromatic rings. The van der Waals surface area contributed by atoms with Gasteiger partial charge in [0.2, 0.25) is 0 Å². The lowest BCUT2D eigenvalue weighted by Gasteiger charge is -2.03. The lowest BCUT2D eigenvalue weighted by molar-refractivity contribution is 0.0952. The molecule has 1 amide bonds. The van der Waals surface area contributed by atoms with E-state index in [-0.39, 0.29) is 5.91 Å². The molecule has 1 heterocycles. The van der Waals surface area contributed by atoms with E-state index in [1.165, 1.54) is 0 Å². The second-order valence-corrected chi connectivity index (χ2v) is 4.41. The first-order chi connectivity index (χ1) is 7.81. The lowest BCUT2D eigenvalue weighted by Crippen LogP contribution is -2.25. The van der Waals surface area contributed by atoms with Crippen LogP contribution in [0.2, 0.25) is 0 Å². The SMILES string of the molecule is O=C(NCCI)c1ccc2ccccc2n1. The molecule has 0 fully saturated rings. The number of aromatic nitrogens is 1. The summed E-state index contributed by atoms with van der Waals surface area (Å²) in [6, 6.07) is 11.4. The van der Waals surface area contributed by atoms with Gasteiger partial charge in [-0.3, -0.25) is 4.79 Å². The van der Waals surface area contributed by atoms with Crippen molar-refractivity contribution in [3.63, 3.8) is 0 Å². The van der Waals surface area contributed by atoms with Crippen LogP contribution < -0.4 is 5.32 Å². The van der Waals surface area contributed by atoms with E-state index < -0.39 is 0 Å². The van der Waals surface area contributed by atoms with Gasteiger partial charge in [0.25, 0.3) is 5.91 Å². The van der Waals surface area contributed by atoms with E-state index >= 15 is 0 Å². The van der Waals surface area contributed by atoms with Crippen LogP contribution in [0, 0.1) is 0 Å². The zero-order valence-corrected chi connectivity index (χ0v) is 10.8. The van der Waals surface area contributed by atoms with Crippen LogP contribution in [0.15, 0.2) is 36.4 Å². The predicted molar refractivity (Wildman–Crippen MR) is 73.0 cm³/mol. The third kappa shape index (κ3) is 2.49. The summed E-state index contributed by atoms with van der Waals surface area (Å²) in [4.78, 5) is 16.0. The van der Waals surface area contributed by atoms with Crippen molar-refractivity contribution in [2.45, 2.75) is 0 Å². The number of hydrogen-bond donors (Lipinski definition) is 1. The molecule has 0 atom stereocenters. The van der Waals surface area contributed by atoms with Gasteiger partial charge in [-0.1, -0.05) is 46.9 Å². The summed E-state index contributed by atoms with van der Waals surface area (Å²) in [5.41, 5.74) is 1.33. The highest BCUT2D eigenvalue weighted by Crippen LogP contribution is 2.11. The van der Waals surface area contributed by atoms with Crippen LogP contribution in [0.4, 0.5) is 0 Å². The molecule has 0 unspecified atom stereocenters. The van der Waals surface area contributed by atoms with Crippen molar-refractivity contribution >= 4 is 39.4 Å². The highest BCUT2D eigenvalue weighted by molar-refractivity contribution is 14.1. The van der Waals surface area contributed by atoms with Gasteiger partial charge in [-0.05, 0) is 12.1 Å². The van der Waals surface area contributed by atoms with Gasteiger partial charge in [0.15, 0.2) is 0 Å². The Balaban J connectivity index is 2.28. The summed E-state index contributed by atoms with van der Waals surface area (Å²) in [6.07, 6.45) is 0. The number of fused-ring (bicyclic) bond motifs is 1. The largest absolute Gasteiger partial charge is 0.350 e. The molecule has 0 aliphatic rings. The van der Waals surface area contributed by atoms with Gasteiger partial charge in [-0.25, -0.2) is 4.98 Å². The summed E-state index contributed by atoms with van der Waals surface area (Å²) in [7, 11) is 0. The number of pyridine rings is 1. The molecular weight excluding hydrogens is 315 g/mol. The number of amides is 1. The van der Waals surface area contributed by atoms with Crippen molar-refractivity contribution in [1.82, 2.24) is 10.3 Å². The molecule has 82 valence electrons. The van der Waals surface area contributed by atoms with Crippen LogP contribution in [-0.4, -0.2) is 21.9 Å². The summed E-state index contributed by atoms with van der Waals surface area (Å²) >= 11 is 2.22. The van der Waals surface area contributed by atoms with Crippen LogP contribution in [0.25, 0.3) is 10.9 Å². The van der Waals surface area contributed by atoms with Crippen molar-refractivity contribution in [3.8, 4) is 0 Å². The number of nitrogens with one attached hydrogen (secondary N) is 1. The maximum atomic E-state index is 11.7. The Morgan fingerprint density at radius 2 is 2.06 bits per heavy atom. The zero-order valence-electron chi connectivity index (χ0n) is 8.61. The normalized spacial score (nSPS) is 10.3. The number of carbonyl (C=O) groups excluding carboxylic acids is 1. The number of nitrogens with zero attached hydrogens (tertiary/aromatic N) is 1. The molecule has 2 rings (SSSR count). The Bertz CT molecular complexity index is 513. The van der Waals surface area contributed by atoms with E-state index in [1.807, 2.05) is 30.3 Å². The van der Waals surface area contributed by atoms with E-state index in [9.17, 15) is 4.79 Å². The molecule has 16 heavy (non-hydrogen) atoms. The molecule has 0 saturated carbocycles. The minimum Gasteiger partial charge on any atom is -0.350 e. The van der Waals surface area contributed by atoms with E-state index in [0.717, 1.165) is 15.3 Å². The highest BCUT2D eigenvalue weighted by Gasteiger charge is 2.06. The molecule has 3 nitrogen and oxygen atoms in total. The van der Waals surface area contributed by atoms with Gasteiger partial charge < -0.3 is 5.32 Å². The molecule has 1 aromatic heterocycles. The number of carbonyl (C=O) groups is 1. The van der Waals surface area contributed by atoms with Crippen molar-refractivity contribution in [3.05, 3.63) is 42.1 Å². The fourth-order valence-corrected chi connectivity index (χ4v) is 1.71. The molecule has 0 aliphatic carbocycles. The Morgan fingerprint density at radius 1 is 1.25 bits per heavy atom. The van der Waals surface area contributed by atoms with Gasteiger partial charge in [0.05, 0.1) is 5.52 Å². The van der Waals surface area contributed by atoms with E-state index in [4.69, 9.17) is 0 Å². The van der Waals surface area contributed by atoms with Gasteiger partial charge in [-0.2, -0.15) is 0 Å². The molecule has 0 aliphatic heterocycles. The number of halogens is 1. The van der Waals surface area contributed by atoms with Gasteiger partial charge in [0.1, 0.15) is 5.69 Å². The second-order valence-electron chi connectivity index (χ2n) is 3.33. The average molecular weight is 326 g/mol. The van der Waals surface area contributed by atoms with Crippen molar-refractivity contribution in [2.24, 2.45) is 0 Å². The summed E-state index contributed by atoms with van der Waals surface area (Å²) in [5, 5.41) is 3.85. The van der Waals surface area contributed by atoms with E-state index in [0.29, 0.717) is 12.2 Å². The topological polar surface area (TPSA) is 42.0 Å². The quantitative estimate of drug-likeness (QED) is 0.695. The fourth-order valence-electron chi connectivity index (χ4n) is 1.44. The maximum Gasteiger partial charge on any atom is 0.269 e. The molecule has 0 saturated heterocycles. The number of benzene rings is 1. The average Bonchev–Trinajstić information content (AvgIpc) is 2.35. The van der Waals surface area contributed by atoms with Crippen molar-refractivity contribution < 1.29 is 4.79 Å². The fraction of sp³-hybridized carbons (Fsp3) is 0.167. The number of para-hydroxylation sites is 1. The Hall–Kier alpha value is -1.17. The van der Waals surface area contributed by atoms with Crippen LogP contribution in [0.1, 0.15) is 10.5 Å². The maximum absolute atomic E-state index is 11.7. The van der Waals surface area contributed by atoms with Crippen LogP contribution in [0.3, 0.4) is 0 Å². The molecule has 1 aromatic carbocycles. The monoisotopic (exact) mass is 326 g/mol. The lowest BCUT2D eigenvalue weighted by atomic mass is 10.2. The van der Waals surface area contributed by atoms with Gasteiger partial charge in [-0.15, -0.1) is 0 Å². The van der Waals surface area contributed by atoms with Crippen molar-refractivity contribution in [2.75, 3.05) is 11.0 Å². The number of rotatable bonds is 3. The van der Waals surface area contributed by atoms with Gasteiger partial charge in [0, 0.05) is 16.4 Å². The van der Waals surface area contributed by atoms with Gasteiger partial charge >= 0.3 is 0 Å². The van der Waals surface area contributed by atoms with Crippen molar-refractivity contribution in [1.29, 1.82) is 0 Å². The highest BCUT2D eigenvalue weighted by atomic mass is 127. The molecule has 0 radical (unpaired) electrons. The Kier molecular flexibility index (Phi) is 3.71. The third-order valence-electron chi connectivity index (χ3n) is 2.21. The predicted octanol–water partition coefficient (Wildman–Crippen LogP) is 2.40. The zero-order chi connectivity index (χ0) is 11.4.